The monoisotopic (exact) mass is 555 g/mol. The fourth-order valence-corrected chi connectivity index (χ4v) is 5.58. The Balaban J connectivity index is 1.43. The molecule has 5 rings (SSSR count). The summed E-state index contributed by atoms with van der Waals surface area (Å²) in [5, 5.41) is 8.35. The number of nitrogens with zero attached hydrogens (tertiary/aromatic N) is 5. The number of amides is 1. The third-order valence-electron chi connectivity index (χ3n) is 8.12. The fraction of sp³-hybridized carbons (Fsp3) is 0.438. The Bertz CT molecular complexity index is 1590. The molecule has 0 atom stereocenters. The number of carbonyl (C=O) groups is 1. The number of nitrogens with one attached hydrogen (secondary N) is 2. The van der Waals surface area contributed by atoms with E-state index in [0.29, 0.717) is 17.2 Å². The highest BCUT2D eigenvalue weighted by atomic mass is 16.1. The molecule has 0 unspecified atom stereocenters. The van der Waals surface area contributed by atoms with Crippen LogP contribution >= 0.6 is 0 Å². The van der Waals surface area contributed by atoms with Crippen LogP contribution in [-0.2, 0) is 13.0 Å². The van der Waals surface area contributed by atoms with Crippen LogP contribution in [0.15, 0.2) is 47.5 Å². The molecule has 0 radical (unpaired) electrons. The van der Waals surface area contributed by atoms with Crippen molar-refractivity contribution in [2.45, 2.75) is 66.6 Å². The van der Waals surface area contributed by atoms with Gasteiger partial charge in [0.1, 0.15) is 5.82 Å². The molecule has 216 valence electrons. The molecule has 1 aliphatic rings. The van der Waals surface area contributed by atoms with Gasteiger partial charge in [0.25, 0.3) is 11.5 Å². The second-order valence-electron chi connectivity index (χ2n) is 11.5. The second kappa shape index (κ2) is 11.9. The molecule has 0 aliphatic carbocycles. The number of fused-ring (bicyclic) bond motifs is 1. The molecule has 41 heavy (non-hydrogen) atoms. The molecule has 1 saturated heterocycles. The highest BCUT2D eigenvalue weighted by Gasteiger charge is 2.21. The molecule has 1 aliphatic heterocycles. The molecule has 0 bridgehead atoms. The summed E-state index contributed by atoms with van der Waals surface area (Å²) in [5.41, 5.74) is 5.40. The first-order valence-electron chi connectivity index (χ1n) is 14.6. The summed E-state index contributed by atoms with van der Waals surface area (Å²) in [7, 11) is 0. The maximum absolute atomic E-state index is 13.6. The SMILES string of the molecule is CCc1cc(C)c(CNC(=O)c2cc(-c3ccc(N4CCN(C(C)C)CC4)nc3)cc3c2cnn3C(C)C)c(=O)[nH]1. The van der Waals surface area contributed by atoms with Crippen LogP contribution in [0.4, 0.5) is 5.82 Å². The lowest BCUT2D eigenvalue weighted by Gasteiger charge is -2.37. The number of aromatic amines is 1. The number of benzene rings is 1. The summed E-state index contributed by atoms with van der Waals surface area (Å²) < 4.78 is 1.93. The Hall–Kier alpha value is -3.98. The van der Waals surface area contributed by atoms with Gasteiger partial charge in [-0.15, -0.1) is 0 Å². The largest absolute Gasteiger partial charge is 0.354 e. The third-order valence-corrected chi connectivity index (χ3v) is 8.12. The predicted octanol–water partition coefficient (Wildman–Crippen LogP) is 4.70. The van der Waals surface area contributed by atoms with E-state index in [0.717, 1.165) is 71.7 Å². The molecule has 0 saturated carbocycles. The average molecular weight is 556 g/mol. The van der Waals surface area contributed by atoms with Crippen molar-refractivity contribution in [1.82, 2.24) is 30.0 Å². The summed E-state index contributed by atoms with van der Waals surface area (Å²) in [6.07, 6.45) is 4.39. The van der Waals surface area contributed by atoms with Gasteiger partial charge in [-0.3, -0.25) is 19.2 Å². The molecule has 9 nitrogen and oxygen atoms in total. The number of carbonyl (C=O) groups excluding carboxylic acids is 1. The van der Waals surface area contributed by atoms with E-state index in [9.17, 15) is 9.59 Å². The second-order valence-corrected chi connectivity index (χ2v) is 11.5. The van der Waals surface area contributed by atoms with Gasteiger partial charge < -0.3 is 15.2 Å². The van der Waals surface area contributed by atoms with Crippen LogP contribution in [0.25, 0.3) is 22.0 Å². The van der Waals surface area contributed by atoms with Crippen molar-refractivity contribution in [3.8, 4) is 11.1 Å². The van der Waals surface area contributed by atoms with Gasteiger partial charge >= 0.3 is 0 Å². The molecule has 1 aromatic carbocycles. The van der Waals surface area contributed by atoms with Crippen LogP contribution in [0.3, 0.4) is 0 Å². The minimum atomic E-state index is -0.244. The highest BCUT2D eigenvalue weighted by Crippen LogP contribution is 2.30. The number of anilines is 1. The quantitative estimate of drug-likeness (QED) is 0.327. The van der Waals surface area contributed by atoms with Gasteiger partial charge in [0.2, 0.25) is 0 Å². The van der Waals surface area contributed by atoms with Gasteiger partial charge in [0.05, 0.1) is 17.3 Å². The molecular formula is C32H41N7O2. The van der Waals surface area contributed by atoms with Crippen molar-refractivity contribution in [2.75, 3.05) is 31.1 Å². The Labute approximate surface area is 241 Å². The first-order valence-corrected chi connectivity index (χ1v) is 14.6. The number of piperazine rings is 1. The Morgan fingerprint density at radius 3 is 2.37 bits per heavy atom. The Morgan fingerprint density at radius 2 is 1.76 bits per heavy atom. The number of aryl methyl sites for hydroxylation is 2. The predicted molar refractivity (Wildman–Crippen MR) is 165 cm³/mol. The topological polar surface area (TPSA) is 99.2 Å². The molecule has 0 spiro atoms. The van der Waals surface area contributed by atoms with Gasteiger partial charge in [-0.2, -0.15) is 5.10 Å². The van der Waals surface area contributed by atoms with E-state index in [4.69, 9.17) is 4.98 Å². The van der Waals surface area contributed by atoms with Crippen LogP contribution in [0.5, 0.6) is 0 Å². The van der Waals surface area contributed by atoms with Crippen molar-refractivity contribution in [3.63, 3.8) is 0 Å². The van der Waals surface area contributed by atoms with Crippen LogP contribution in [-0.4, -0.2) is 62.8 Å². The van der Waals surface area contributed by atoms with E-state index in [1.54, 1.807) is 6.20 Å². The molecule has 2 N–H and O–H groups in total. The van der Waals surface area contributed by atoms with Crippen molar-refractivity contribution in [2.24, 2.45) is 0 Å². The van der Waals surface area contributed by atoms with Gasteiger partial charge in [-0.25, -0.2) is 4.98 Å². The number of aromatic nitrogens is 4. The zero-order valence-corrected chi connectivity index (χ0v) is 25.0. The van der Waals surface area contributed by atoms with Gasteiger partial charge in [-0.05, 0) is 82.5 Å². The van der Waals surface area contributed by atoms with E-state index < -0.39 is 0 Å². The van der Waals surface area contributed by atoms with Crippen molar-refractivity contribution in [3.05, 3.63) is 75.5 Å². The maximum Gasteiger partial charge on any atom is 0.253 e. The van der Waals surface area contributed by atoms with Crippen LogP contribution in [0.2, 0.25) is 0 Å². The summed E-state index contributed by atoms with van der Waals surface area (Å²) >= 11 is 0. The smallest absolute Gasteiger partial charge is 0.253 e. The van der Waals surface area contributed by atoms with Crippen molar-refractivity contribution >= 4 is 22.6 Å². The summed E-state index contributed by atoms with van der Waals surface area (Å²) in [6, 6.07) is 10.8. The van der Waals surface area contributed by atoms with Gasteiger partial charge in [-0.1, -0.05) is 6.92 Å². The van der Waals surface area contributed by atoms with E-state index in [1.165, 1.54) is 0 Å². The minimum Gasteiger partial charge on any atom is -0.354 e. The summed E-state index contributed by atoms with van der Waals surface area (Å²) in [5.74, 6) is 0.726. The van der Waals surface area contributed by atoms with Crippen LogP contribution in [0.1, 0.15) is 67.8 Å². The molecule has 3 aromatic heterocycles. The van der Waals surface area contributed by atoms with Crippen molar-refractivity contribution in [1.29, 1.82) is 0 Å². The van der Waals surface area contributed by atoms with Crippen LogP contribution in [0, 0.1) is 6.92 Å². The summed E-state index contributed by atoms with van der Waals surface area (Å²) in [6.45, 7) is 16.7. The zero-order valence-electron chi connectivity index (χ0n) is 25.0. The van der Waals surface area contributed by atoms with Gasteiger partial charge in [0, 0.05) is 73.2 Å². The number of hydrogen-bond acceptors (Lipinski definition) is 6. The highest BCUT2D eigenvalue weighted by molar-refractivity contribution is 6.08. The Kier molecular flexibility index (Phi) is 8.26. The number of rotatable bonds is 8. The van der Waals surface area contributed by atoms with E-state index >= 15 is 0 Å². The molecular weight excluding hydrogens is 514 g/mol. The molecule has 1 fully saturated rings. The lowest BCUT2D eigenvalue weighted by Crippen LogP contribution is -2.49. The average Bonchev–Trinajstić information content (AvgIpc) is 3.40. The first-order chi connectivity index (χ1) is 19.7. The zero-order chi connectivity index (χ0) is 29.3. The summed E-state index contributed by atoms with van der Waals surface area (Å²) in [4.78, 5) is 38.8. The third kappa shape index (κ3) is 5.91. The normalized spacial score (nSPS) is 14.4. The van der Waals surface area contributed by atoms with E-state index in [1.807, 2.05) is 36.9 Å². The number of hydrogen-bond donors (Lipinski definition) is 2. The van der Waals surface area contributed by atoms with E-state index in [2.05, 4.69) is 71.1 Å². The lowest BCUT2D eigenvalue weighted by molar-refractivity contribution is 0.0952. The van der Waals surface area contributed by atoms with Gasteiger partial charge in [0.15, 0.2) is 0 Å². The fourth-order valence-electron chi connectivity index (χ4n) is 5.58. The first kappa shape index (κ1) is 28.5. The maximum atomic E-state index is 13.6. The molecule has 4 heterocycles. The molecule has 9 heteroatoms. The number of H-pyrrole nitrogens is 1. The van der Waals surface area contributed by atoms with Crippen LogP contribution < -0.4 is 15.8 Å². The molecule has 4 aromatic rings. The Morgan fingerprint density at radius 1 is 1.00 bits per heavy atom. The van der Waals surface area contributed by atoms with Crippen molar-refractivity contribution < 1.29 is 4.79 Å². The van der Waals surface area contributed by atoms with E-state index in [-0.39, 0.29) is 24.1 Å². The lowest BCUT2D eigenvalue weighted by atomic mass is 10.0. The standard InChI is InChI=1S/C32H41N7O2/c1-7-25-14-22(6)27(32(41)36-25)18-34-31(40)26-15-24(16-29-28(26)19-35-39(29)21(4)5)23-8-9-30(33-17-23)38-12-10-37(11-13-38)20(2)3/h8-9,14-17,19-21H,7,10-13,18H2,1-6H3,(H,34,40)(H,36,41). The number of pyridine rings is 2. The molecule has 1 amide bonds. The minimum absolute atomic E-state index is 0.127.